The fourth-order valence-electron chi connectivity index (χ4n) is 3.05. The van der Waals surface area contributed by atoms with Crippen LogP contribution < -0.4 is 9.47 Å². The second-order valence-electron chi connectivity index (χ2n) is 6.90. The van der Waals surface area contributed by atoms with Gasteiger partial charge >= 0.3 is 0 Å². The first kappa shape index (κ1) is 21.6. The molecule has 2 aromatic heterocycles. The lowest BCUT2D eigenvalue weighted by Gasteiger charge is -2.26. The molecule has 7 nitrogen and oxygen atoms in total. The molecule has 0 unspecified atom stereocenters. The topological polar surface area (TPSA) is 86.5 Å². The van der Waals surface area contributed by atoms with Crippen molar-refractivity contribution in [3.8, 4) is 17.6 Å². The van der Waals surface area contributed by atoms with Crippen LogP contribution in [-0.4, -0.2) is 31.0 Å². The molecular formula is C22H21N3O4S2. The van der Waals surface area contributed by atoms with Crippen LogP contribution >= 0.6 is 23.1 Å². The molecule has 3 heterocycles. The van der Waals surface area contributed by atoms with Gasteiger partial charge in [0.15, 0.2) is 11.5 Å². The summed E-state index contributed by atoms with van der Waals surface area (Å²) < 4.78 is 21.7. The van der Waals surface area contributed by atoms with Gasteiger partial charge in [0, 0.05) is 31.8 Å². The molecule has 1 aliphatic heterocycles. The zero-order valence-corrected chi connectivity index (χ0v) is 19.0. The number of thioether (sulfide) groups is 1. The number of ether oxygens (including phenoxy) is 4. The Hall–Kier alpha value is -2.64. The molecule has 9 heteroatoms. The van der Waals surface area contributed by atoms with E-state index in [-0.39, 0.29) is 6.79 Å². The molecule has 0 saturated carbocycles. The van der Waals surface area contributed by atoms with E-state index in [1.165, 1.54) is 11.8 Å². The fourth-order valence-corrected chi connectivity index (χ4v) is 4.84. The fraction of sp³-hybridized carbons (Fsp3) is 0.318. The van der Waals surface area contributed by atoms with Crippen molar-refractivity contribution in [2.75, 3.05) is 21.0 Å². The van der Waals surface area contributed by atoms with Crippen LogP contribution in [0.15, 0.2) is 40.7 Å². The molecule has 0 amide bonds. The number of nitriles is 1. The number of benzene rings is 1. The minimum absolute atomic E-state index is 0.269. The number of fused-ring (bicyclic) bond motifs is 1. The molecule has 0 saturated heterocycles. The van der Waals surface area contributed by atoms with Gasteiger partial charge in [-0.3, -0.25) is 0 Å². The van der Waals surface area contributed by atoms with Gasteiger partial charge in [-0.05, 0) is 36.8 Å². The number of nitrogens with zero attached hydrogens (tertiary/aromatic N) is 3. The first-order chi connectivity index (χ1) is 15.0. The highest BCUT2D eigenvalue weighted by Gasteiger charge is 2.28. The Balaban J connectivity index is 1.45. The second-order valence-corrected chi connectivity index (χ2v) is 8.81. The molecule has 3 aromatic rings. The summed E-state index contributed by atoms with van der Waals surface area (Å²) >= 11 is 3.09. The highest BCUT2D eigenvalue weighted by Crippen LogP contribution is 2.34. The van der Waals surface area contributed by atoms with Crippen molar-refractivity contribution in [1.82, 2.24) is 9.97 Å². The number of hydrogen-bond donors (Lipinski definition) is 0. The monoisotopic (exact) mass is 455 g/mol. The predicted octanol–water partition coefficient (Wildman–Crippen LogP) is 4.49. The lowest BCUT2D eigenvalue weighted by atomic mass is 10.1. The van der Waals surface area contributed by atoms with Crippen molar-refractivity contribution in [3.63, 3.8) is 0 Å². The number of thiazole rings is 1. The quantitative estimate of drug-likeness (QED) is 0.363. The normalized spacial score (nSPS) is 12.7. The Morgan fingerprint density at radius 3 is 2.74 bits per heavy atom. The largest absolute Gasteiger partial charge is 0.454 e. The molecule has 0 fully saturated rings. The summed E-state index contributed by atoms with van der Waals surface area (Å²) in [6, 6.07) is 11.6. The van der Waals surface area contributed by atoms with E-state index in [2.05, 4.69) is 11.1 Å². The van der Waals surface area contributed by atoms with Crippen molar-refractivity contribution >= 4 is 23.1 Å². The van der Waals surface area contributed by atoms with Gasteiger partial charge in [0.05, 0.1) is 16.3 Å². The third kappa shape index (κ3) is 4.67. The van der Waals surface area contributed by atoms with Crippen molar-refractivity contribution < 1.29 is 18.9 Å². The van der Waals surface area contributed by atoms with Crippen LogP contribution in [0.5, 0.6) is 11.5 Å². The maximum absolute atomic E-state index is 9.46. The van der Waals surface area contributed by atoms with Gasteiger partial charge < -0.3 is 18.9 Å². The van der Waals surface area contributed by atoms with Gasteiger partial charge in [-0.25, -0.2) is 9.97 Å². The molecule has 31 heavy (non-hydrogen) atoms. The molecule has 160 valence electrons. The van der Waals surface area contributed by atoms with E-state index in [0.29, 0.717) is 22.0 Å². The molecule has 0 radical (unpaired) electrons. The Morgan fingerprint density at radius 1 is 1.16 bits per heavy atom. The second kappa shape index (κ2) is 9.24. The van der Waals surface area contributed by atoms with E-state index < -0.39 is 5.79 Å². The van der Waals surface area contributed by atoms with Crippen molar-refractivity contribution in [3.05, 3.63) is 63.2 Å². The summed E-state index contributed by atoms with van der Waals surface area (Å²) in [5.41, 5.74) is 3.19. The molecule has 1 aromatic carbocycles. The van der Waals surface area contributed by atoms with Crippen LogP contribution in [0.2, 0.25) is 0 Å². The van der Waals surface area contributed by atoms with Crippen molar-refractivity contribution in [2.24, 2.45) is 0 Å². The lowest BCUT2D eigenvalue weighted by Crippen LogP contribution is -2.28. The summed E-state index contributed by atoms with van der Waals surface area (Å²) in [7, 11) is 3.13. The zero-order valence-electron chi connectivity index (χ0n) is 17.4. The number of hydrogen-bond acceptors (Lipinski definition) is 9. The van der Waals surface area contributed by atoms with Crippen LogP contribution in [0.4, 0.5) is 0 Å². The third-order valence-corrected chi connectivity index (χ3v) is 6.90. The summed E-state index contributed by atoms with van der Waals surface area (Å²) in [6.45, 7) is 2.06. The molecule has 4 rings (SSSR count). The van der Waals surface area contributed by atoms with Crippen LogP contribution in [-0.2, 0) is 27.4 Å². The Morgan fingerprint density at radius 2 is 1.97 bits per heavy atom. The van der Waals surface area contributed by atoms with E-state index in [9.17, 15) is 5.26 Å². The number of methoxy groups -OCH3 is 2. The van der Waals surface area contributed by atoms with Gasteiger partial charge in [-0.2, -0.15) is 5.26 Å². The van der Waals surface area contributed by atoms with E-state index in [1.807, 2.05) is 23.6 Å². The first-order valence-corrected chi connectivity index (χ1v) is 11.4. The van der Waals surface area contributed by atoms with Gasteiger partial charge in [0.2, 0.25) is 12.6 Å². The maximum atomic E-state index is 9.46. The minimum atomic E-state index is -0.971. The highest BCUT2D eigenvalue weighted by atomic mass is 32.2. The van der Waals surface area contributed by atoms with Crippen molar-refractivity contribution in [2.45, 2.75) is 29.9 Å². The molecule has 1 aliphatic rings. The smallest absolute Gasteiger partial charge is 0.231 e. The summed E-state index contributed by atoms with van der Waals surface area (Å²) in [4.78, 5) is 9.36. The molecule has 0 aliphatic carbocycles. The Labute approximate surface area is 189 Å². The highest BCUT2D eigenvalue weighted by molar-refractivity contribution is 7.98. The average Bonchev–Trinajstić information content (AvgIpc) is 3.46. The number of pyridine rings is 1. The van der Waals surface area contributed by atoms with Crippen molar-refractivity contribution in [1.29, 1.82) is 5.26 Å². The van der Waals surface area contributed by atoms with Gasteiger partial charge in [0.1, 0.15) is 16.8 Å². The number of rotatable bonds is 8. The predicted molar refractivity (Wildman–Crippen MR) is 117 cm³/mol. The van der Waals surface area contributed by atoms with E-state index in [0.717, 1.165) is 34.2 Å². The third-order valence-electron chi connectivity index (χ3n) is 4.97. The van der Waals surface area contributed by atoms with Crippen LogP contribution in [0.1, 0.15) is 34.4 Å². The molecule has 0 N–H and O–H groups in total. The van der Waals surface area contributed by atoms with Gasteiger partial charge in [-0.15, -0.1) is 11.3 Å². The van der Waals surface area contributed by atoms with E-state index in [4.69, 9.17) is 23.9 Å². The van der Waals surface area contributed by atoms with Gasteiger partial charge in [0.25, 0.3) is 0 Å². The Bertz CT molecular complexity index is 1120. The molecule has 0 atom stereocenters. The summed E-state index contributed by atoms with van der Waals surface area (Å²) in [5.74, 6) is 1.20. The summed E-state index contributed by atoms with van der Waals surface area (Å²) in [5, 5.41) is 13.1. The van der Waals surface area contributed by atoms with Crippen LogP contribution in [0, 0.1) is 11.3 Å². The molecular weight excluding hydrogens is 434 g/mol. The molecule has 0 bridgehead atoms. The minimum Gasteiger partial charge on any atom is -0.454 e. The maximum Gasteiger partial charge on any atom is 0.231 e. The zero-order chi connectivity index (χ0) is 21.8. The van der Waals surface area contributed by atoms with Gasteiger partial charge in [-0.1, -0.05) is 17.8 Å². The standard InChI is InChI=1S/C22H21N3O4S2/c1-22(26-2,27-3)19-7-5-15(10-23)21(25-19)31-12-16-11-30-20(24-16)9-14-4-6-17-18(8-14)29-13-28-17/h4-8,11H,9,12-13H2,1-3H3. The van der Waals surface area contributed by atoms with Crippen LogP contribution in [0.3, 0.4) is 0 Å². The van der Waals surface area contributed by atoms with E-state index >= 15 is 0 Å². The first-order valence-electron chi connectivity index (χ1n) is 9.51. The van der Waals surface area contributed by atoms with Crippen LogP contribution in [0.25, 0.3) is 0 Å². The lowest BCUT2D eigenvalue weighted by molar-refractivity contribution is -0.204. The molecule has 0 spiro atoms. The SMILES string of the molecule is COC(C)(OC)c1ccc(C#N)c(SCc2csc(Cc3ccc4c(c3)OCO4)n2)n1. The summed E-state index contributed by atoms with van der Waals surface area (Å²) in [6.07, 6.45) is 0.725. The number of aromatic nitrogens is 2. The Kier molecular flexibility index (Phi) is 6.43. The van der Waals surface area contributed by atoms with E-state index in [1.54, 1.807) is 44.6 Å². The average molecular weight is 456 g/mol.